The molecule has 1 N–H and O–H groups in total. The molecule has 11 heteroatoms. The van der Waals surface area contributed by atoms with Gasteiger partial charge in [-0.25, -0.2) is 0 Å². The summed E-state index contributed by atoms with van der Waals surface area (Å²) in [5, 5.41) is 9.90. The van der Waals surface area contributed by atoms with Gasteiger partial charge in [-0.1, -0.05) is 137 Å². The maximum absolute atomic E-state index is 12.7. The smallest absolute Gasteiger partial charge is 0.306 e. The Labute approximate surface area is 346 Å². The van der Waals surface area contributed by atoms with Crippen molar-refractivity contribution in [1.82, 2.24) is 0 Å². The van der Waals surface area contributed by atoms with Gasteiger partial charge in [0.15, 0.2) is 6.10 Å². The number of aliphatic hydroxyl groups excluding tert-OH is 1. The quantitative estimate of drug-likeness (QED) is 0.0162. The first-order chi connectivity index (χ1) is 27.4. The lowest BCUT2D eigenvalue weighted by Gasteiger charge is -2.28. The largest absolute Gasteiger partial charge is 0.756 e. The normalized spacial score (nSPS) is 15.0. The molecule has 0 aromatic rings. The van der Waals surface area contributed by atoms with Gasteiger partial charge >= 0.3 is 11.9 Å². The number of carbonyl (C=O) groups is 2. The minimum atomic E-state index is -4.66. The molecule has 0 aliphatic heterocycles. The van der Waals surface area contributed by atoms with Gasteiger partial charge in [0.25, 0.3) is 7.82 Å². The van der Waals surface area contributed by atoms with Gasteiger partial charge in [0.05, 0.1) is 33.9 Å². The first kappa shape index (κ1) is 54.2. The van der Waals surface area contributed by atoms with Crippen LogP contribution in [0, 0.1) is 0 Å². The van der Waals surface area contributed by atoms with Crippen LogP contribution in [0.3, 0.4) is 0 Å². The fourth-order valence-corrected chi connectivity index (χ4v) is 5.85. The standard InChI is InChI=1S/C46H78NO9P/c1-6-8-10-11-12-13-14-15-16-17-20-24-27-30-34-38-46(50)56-44(42-55-57(51,52)54-40-39-47(3,4)5)41-53-45(49)37-33-29-26-23-21-18-19-22-25-28-32-36-43(48)35-31-9-7-2/h8,10,12-13,15-16,18-19,23,25-26,28,32,36,43-44,48H,6-7,9,11,14,17,20-22,24,27,29-31,33-35,37-42H2,1-5H3/b10-8-,13-12-,16-15-,19-18-,26-23-,28-25-,36-32+/t43-,44-/m1/s1. The van der Waals surface area contributed by atoms with Crippen LogP contribution in [0.2, 0.25) is 0 Å². The van der Waals surface area contributed by atoms with Crippen LogP contribution in [-0.2, 0) is 32.7 Å². The third-order valence-electron chi connectivity index (χ3n) is 8.50. The number of likely N-dealkylation sites (N-methyl/N-ethyl adjacent to an activating group) is 1. The lowest BCUT2D eigenvalue weighted by molar-refractivity contribution is -0.870. The van der Waals surface area contributed by atoms with E-state index in [0.717, 1.165) is 89.9 Å². The van der Waals surface area contributed by atoms with Crippen molar-refractivity contribution in [3.63, 3.8) is 0 Å². The average Bonchev–Trinajstić information content (AvgIpc) is 3.15. The SMILES string of the molecule is CC/C=C\C/C=C\C/C=C\CCCCCCCC(=O)O[C@H](COC(=O)CCC/C=C\C/C=C\C/C=C\C=C\[C@H](O)CCCCC)COP(=O)([O-])OCC[N+](C)(C)C. The Morgan fingerprint density at radius 2 is 1.25 bits per heavy atom. The van der Waals surface area contributed by atoms with Crippen LogP contribution in [-0.4, -0.2) is 81.2 Å². The molecule has 326 valence electrons. The maximum Gasteiger partial charge on any atom is 0.306 e. The number of aliphatic hydroxyl groups is 1. The summed E-state index contributed by atoms with van der Waals surface area (Å²) in [6, 6.07) is 0. The number of unbranched alkanes of at least 4 members (excludes halogenated alkanes) is 8. The van der Waals surface area contributed by atoms with E-state index in [-0.39, 0.29) is 32.2 Å². The molecule has 0 fully saturated rings. The van der Waals surface area contributed by atoms with E-state index in [4.69, 9.17) is 18.5 Å². The molecule has 57 heavy (non-hydrogen) atoms. The third-order valence-corrected chi connectivity index (χ3v) is 9.47. The molecule has 3 atom stereocenters. The average molecular weight is 820 g/mol. The monoisotopic (exact) mass is 820 g/mol. The maximum atomic E-state index is 12.7. The Balaban J connectivity index is 4.56. The number of ether oxygens (including phenoxy) is 2. The predicted octanol–water partition coefficient (Wildman–Crippen LogP) is 10.4. The van der Waals surface area contributed by atoms with E-state index >= 15 is 0 Å². The first-order valence-corrected chi connectivity index (χ1v) is 22.9. The van der Waals surface area contributed by atoms with Gasteiger partial charge in [-0.05, 0) is 70.6 Å². The van der Waals surface area contributed by atoms with Gasteiger partial charge in [0.1, 0.15) is 19.8 Å². The molecule has 0 radical (unpaired) electrons. The van der Waals surface area contributed by atoms with Gasteiger partial charge in [0, 0.05) is 12.8 Å². The van der Waals surface area contributed by atoms with E-state index in [2.05, 4.69) is 62.5 Å². The van der Waals surface area contributed by atoms with Gasteiger partial charge in [-0.15, -0.1) is 0 Å². The summed E-state index contributed by atoms with van der Waals surface area (Å²) in [5.41, 5.74) is 0. The molecule has 0 aliphatic rings. The Kier molecular flexibility index (Phi) is 35.6. The molecule has 0 rings (SSSR count). The van der Waals surface area contributed by atoms with Crippen molar-refractivity contribution in [1.29, 1.82) is 0 Å². The molecule has 1 unspecified atom stereocenters. The van der Waals surface area contributed by atoms with Crippen LogP contribution in [0.5, 0.6) is 0 Å². The molecule has 0 bridgehead atoms. The van der Waals surface area contributed by atoms with Gasteiger partial charge in [-0.3, -0.25) is 14.2 Å². The van der Waals surface area contributed by atoms with Gasteiger partial charge < -0.3 is 33.0 Å². The molecular formula is C46H78NO9P. The number of hydrogen-bond donors (Lipinski definition) is 1. The number of carbonyl (C=O) groups excluding carboxylic acids is 2. The topological polar surface area (TPSA) is 131 Å². The highest BCUT2D eigenvalue weighted by molar-refractivity contribution is 7.45. The second kappa shape index (κ2) is 37.4. The molecule has 0 heterocycles. The van der Waals surface area contributed by atoms with E-state index < -0.39 is 32.5 Å². The van der Waals surface area contributed by atoms with Crippen LogP contribution in [0.1, 0.15) is 136 Å². The van der Waals surface area contributed by atoms with E-state index in [1.807, 2.05) is 57.6 Å². The number of rotatable bonds is 37. The number of nitrogens with zero attached hydrogens (tertiary/aromatic N) is 1. The minimum absolute atomic E-state index is 0.0553. The molecule has 0 amide bonds. The highest BCUT2D eigenvalue weighted by atomic mass is 31.2. The molecule has 0 saturated heterocycles. The Morgan fingerprint density at radius 1 is 0.667 bits per heavy atom. The van der Waals surface area contributed by atoms with Crippen molar-refractivity contribution in [3.8, 4) is 0 Å². The molecule has 10 nitrogen and oxygen atoms in total. The molecule has 0 aromatic carbocycles. The van der Waals surface area contributed by atoms with Crippen molar-refractivity contribution in [2.75, 3.05) is 47.5 Å². The van der Waals surface area contributed by atoms with E-state index in [1.54, 1.807) is 0 Å². The Morgan fingerprint density at radius 3 is 1.89 bits per heavy atom. The molecule has 0 saturated carbocycles. The summed E-state index contributed by atoms with van der Waals surface area (Å²) in [6.45, 7) is 3.86. The van der Waals surface area contributed by atoms with E-state index in [9.17, 15) is 24.2 Å². The van der Waals surface area contributed by atoms with Crippen LogP contribution in [0.4, 0.5) is 0 Å². The zero-order valence-corrected chi connectivity index (χ0v) is 37.0. The Bertz CT molecular complexity index is 1260. The predicted molar refractivity (Wildman–Crippen MR) is 232 cm³/mol. The first-order valence-electron chi connectivity index (χ1n) is 21.4. The molecule has 0 aliphatic carbocycles. The number of allylic oxidation sites excluding steroid dienone is 13. The lowest BCUT2D eigenvalue weighted by Crippen LogP contribution is -2.37. The zero-order valence-electron chi connectivity index (χ0n) is 36.1. The highest BCUT2D eigenvalue weighted by Gasteiger charge is 2.21. The molecule has 0 spiro atoms. The second-order valence-corrected chi connectivity index (χ2v) is 16.6. The number of esters is 2. The van der Waals surface area contributed by atoms with Crippen LogP contribution < -0.4 is 4.89 Å². The summed E-state index contributed by atoms with van der Waals surface area (Å²) < 4.78 is 33.7. The van der Waals surface area contributed by atoms with Crippen molar-refractivity contribution in [3.05, 3.63) is 85.1 Å². The summed E-state index contributed by atoms with van der Waals surface area (Å²) in [6.07, 6.45) is 43.7. The fourth-order valence-electron chi connectivity index (χ4n) is 5.12. The zero-order chi connectivity index (χ0) is 42.3. The molecular weight excluding hydrogens is 741 g/mol. The number of quaternary nitrogens is 1. The van der Waals surface area contributed by atoms with Gasteiger partial charge in [0.2, 0.25) is 0 Å². The lowest BCUT2D eigenvalue weighted by atomic mass is 10.1. The van der Waals surface area contributed by atoms with Crippen LogP contribution in [0.15, 0.2) is 85.1 Å². The number of phosphoric ester groups is 1. The van der Waals surface area contributed by atoms with Crippen molar-refractivity contribution >= 4 is 19.8 Å². The van der Waals surface area contributed by atoms with Crippen molar-refractivity contribution in [2.24, 2.45) is 0 Å². The van der Waals surface area contributed by atoms with Gasteiger partial charge in [-0.2, -0.15) is 0 Å². The van der Waals surface area contributed by atoms with E-state index in [1.165, 1.54) is 0 Å². The fraction of sp³-hybridized carbons (Fsp3) is 0.652. The molecule has 0 aromatic heterocycles. The second-order valence-electron chi connectivity index (χ2n) is 15.2. The summed E-state index contributed by atoms with van der Waals surface area (Å²) in [4.78, 5) is 37.5. The highest BCUT2D eigenvalue weighted by Crippen LogP contribution is 2.38. The van der Waals surface area contributed by atoms with Crippen molar-refractivity contribution in [2.45, 2.75) is 148 Å². The summed E-state index contributed by atoms with van der Waals surface area (Å²) in [5.74, 6) is -0.957. The summed E-state index contributed by atoms with van der Waals surface area (Å²) >= 11 is 0. The number of phosphoric acid groups is 1. The Hall–Kier alpha value is -2.85. The third kappa shape index (κ3) is 41.1. The van der Waals surface area contributed by atoms with Crippen LogP contribution >= 0.6 is 7.82 Å². The van der Waals surface area contributed by atoms with Crippen molar-refractivity contribution < 1.29 is 47.2 Å². The van der Waals surface area contributed by atoms with E-state index in [0.29, 0.717) is 30.3 Å². The summed E-state index contributed by atoms with van der Waals surface area (Å²) in [7, 11) is 1.08. The minimum Gasteiger partial charge on any atom is -0.756 e. The van der Waals surface area contributed by atoms with Crippen LogP contribution in [0.25, 0.3) is 0 Å². The number of hydrogen-bond acceptors (Lipinski definition) is 9.